The second kappa shape index (κ2) is 6.86. The zero-order valence-corrected chi connectivity index (χ0v) is 10.6. The van der Waals surface area contributed by atoms with Crippen molar-refractivity contribution in [3.05, 3.63) is 41.7 Å². The van der Waals surface area contributed by atoms with Crippen LogP contribution in [-0.2, 0) is 16.1 Å². The third-order valence-electron chi connectivity index (χ3n) is 2.29. The van der Waals surface area contributed by atoms with E-state index in [-0.39, 0.29) is 0 Å². The number of hydrogen-bond donors (Lipinski definition) is 0. The summed E-state index contributed by atoms with van der Waals surface area (Å²) in [5.41, 5.74) is 2.68. The van der Waals surface area contributed by atoms with Gasteiger partial charge in [-0.25, -0.2) is 0 Å². The van der Waals surface area contributed by atoms with Gasteiger partial charge < -0.3 is 9.64 Å². The fourth-order valence-corrected chi connectivity index (χ4v) is 1.50. The number of carbonyl (C=O) groups is 1. The molecule has 0 N–H and O–H groups in total. The molecule has 0 spiro atoms. The molecule has 1 rings (SSSR count). The maximum Gasteiger partial charge on any atom is 0.153 e. The van der Waals surface area contributed by atoms with Crippen molar-refractivity contribution in [3.63, 3.8) is 0 Å². The molecule has 0 aliphatic rings. The van der Waals surface area contributed by atoms with E-state index in [1.54, 1.807) is 0 Å². The fraction of sp³-hybridized carbons (Fsp3) is 0.357. The number of allylic oxidation sites excluding steroid dienone is 1. The van der Waals surface area contributed by atoms with E-state index < -0.39 is 0 Å². The summed E-state index contributed by atoms with van der Waals surface area (Å²) >= 11 is 0. The molecule has 0 aliphatic heterocycles. The first-order valence-corrected chi connectivity index (χ1v) is 5.68. The predicted molar refractivity (Wildman–Crippen MR) is 69.5 cm³/mol. The van der Waals surface area contributed by atoms with Crippen LogP contribution in [0.15, 0.2) is 30.5 Å². The number of hydrogen-bond acceptors (Lipinski definition) is 3. The minimum atomic E-state index is 0.566. The molecule has 1 aromatic rings. The molecule has 0 unspecified atom stereocenters. The van der Waals surface area contributed by atoms with Crippen molar-refractivity contribution in [1.82, 2.24) is 4.90 Å². The molecule has 0 amide bonds. The van der Waals surface area contributed by atoms with Gasteiger partial charge in [0.2, 0.25) is 0 Å². The second-order valence-electron chi connectivity index (χ2n) is 4.08. The maximum atomic E-state index is 10.9. The van der Waals surface area contributed by atoms with Crippen molar-refractivity contribution in [2.24, 2.45) is 0 Å². The summed E-state index contributed by atoms with van der Waals surface area (Å²) in [6.07, 6.45) is 2.32. The molecule has 0 aromatic heterocycles. The number of rotatable bonds is 6. The quantitative estimate of drug-likeness (QED) is 0.429. The van der Waals surface area contributed by atoms with Crippen molar-refractivity contribution in [2.75, 3.05) is 20.7 Å². The van der Waals surface area contributed by atoms with E-state index in [4.69, 9.17) is 4.74 Å². The average Bonchev–Trinajstić information content (AvgIpc) is 2.31. The zero-order valence-electron chi connectivity index (χ0n) is 10.6. The van der Waals surface area contributed by atoms with Crippen LogP contribution in [0.4, 0.5) is 0 Å². The topological polar surface area (TPSA) is 29.5 Å². The van der Waals surface area contributed by atoms with Crippen molar-refractivity contribution in [2.45, 2.75) is 13.5 Å². The van der Waals surface area contributed by atoms with Crippen LogP contribution in [0.25, 0.3) is 5.57 Å². The van der Waals surface area contributed by atoms with E-state index in [0.29, 0.717) is 12.2 Å². The van der Waals surface area contributed by atoms with E-state index >= 15 is 0 Å². The Morgan fingerprint density at radius 2 is 1.94 bits per heavy atom. The number of carbonyl (C=O) groups excluding carboxylic acids is 1. The van der Waals surface area contributed by atoms with Gasteiger partial charge in [0.25, 0.3) is 0 Å². The van der Waals surface area contributed by atoms with Crippen molar-refractivity contribution in [1.29, 1.82) is 0 Å². The minimum absolute atomic E-state index is 0.566. The molecule has 0 saturated carbocycles. The Morgan fingerprint density at radius 3 is 2.41 bits per heavy atom. The summed E-state index contributed by atoms with van der Waals surface area (Å²) in [5, 5.41) is 0. The first-order valence-electron chi connectivity index (χ1n) is 5.68. The van der Waals surface area contributed by atoms with E-state index in [1.165, 1.54) is 11.8 Å². The summed E-state index contributed by atoms with van der Waals surface area (Å²) in [6, 6.07) is 7.94. The number of benzene rings is 1. The predicted octanol–water partition coefficient (Wildman–Crippen LogP) is 2.32. The van der Waals surface area contributed by atoms with Crippen LogP contribution in [0, 0.1) is 0 Å². The highest BCUT2D eigenvalue weighted by atomic mass is 16.5. The molecule has 3 heteroatoms. The van der Waals surface area contributed by atoms with E-state index in [1.807, 2.05) is 45.3 Å². The first kappa shape index (κ1) is 13.5. The van der Waals surface area contributed by atoms with Crippen LogP contribution in [-0.4, -0.2) is 31.9 Å². The third kappa shape index (κ3) is 4.41. The molecule has 0 radical (unpaired) electrons. The normalized spacial score (nSPS) is 11.6. The van der Waals surface area contributed by atoms with Crippen LogP contribution >= 0.6 is 0 Å². The lowest BCUT2D eigenvalue weighted by atomic mass is 10.1. The Labute approximate surface area is 103 Å². The Kier molecular flexibility index (Phi) is 5.43. The van der Waals surface area contributed by atoms with Gasteiger partial charge >= 0.3 is 0 Å². The first-order chi connectivity index (χ1) is 8.17. The van der Waals surface area contributed by atoms with Gasteiger partial charge in [-0.2, -0.15) is 0 Å². The summed E-state index contributed by atoms with van der Waals surface area (Å²) in [4.78, 5) is 13.0. The molecule has 1 aromatic carbocycles. The summed E-state index contributed by atoms with van der Waals surface area (Å²) in [7, 11) is 4.06. The zero-order chi connectivity index (χ0) is 12.7. The lowest BCUT2D eigenvalue weighted by Gasteiger charge is -2.10. The lowest BCUT2D eigenvalue weighted by molar-refractivity contribution is -0.103. The second-order valence-corrected chi connectivity index (χ2v) is 4.08. The van der Waals surface area contributed by atoms with Crippen LogP contribution < -0.4 is 0 Å². The maximum absolute atomic E-state index is 10.9. The van der Waals surface area contributed by atoms with Crippen LogP contribution in [0.1, 0.15) is 18.1 Å². The molecule has 0 bridgehead atoms. The van der Waals surface area contributed by atoms with Gasteiger partial charge in [0, 0.05) is 6.54 Å². The minimum Gasteiger partial charge on any atom is -0.501 e. The molecule has 0 saturated heterocycles. The highest BCUT2D eigenvalue weighted by Gasteiger charge is 2.01. The highest BCUT2D eigenvalue weighted by molar-refractivity contribution is 6.06. The Bertz CT molecular complexity index is 380. The standard InChI is InChI=1S/C14H19NO2/c1-4-17-11-14(10-16)13-7-5-12(6-8-13)9-15(2)3/h5-8,10-11H,4,9H2,1-3H3. The van der Waals surface area contributed by atoms with Crippen molar-refractivity contribution < 1.29 is 9.53 Å². The number of ether oxygens (including phenoxy) is 1. The third-order valence-corrected chi connectivity index (χ3v) is 2.29. The summed E-state index contributed by atoms with van der Waals surface area (Å²) in [6.45, 7) is 3.35. The van der Waals surface area contributed by atoms with Gasteiger partial charge in [-0.1, -0.05) is 24.3 Å². The molecule has 0 atom stereocenters. The van der Waals surface area contributed by atoms with E-state index in [2.05, 4.69) is 4.90 Å². The monoisotopic (exact) mass is 233 g/mol. The molecule has 0 fully saturated rings. The van der Waals surface area contributed by atoms with Crippen molar-refractivity contribution in [3.8, 4) is 0 Å². The molecule has 0 aliphatic carbocycles. The van der Waals surface area contributed by atoms with Gasteiger partial charge in [0.05, 0.1) is 18.4 Å². The lowest BCUT2D eigenvalue weighted by Crippen LogP contribution is -2.10. The Morgan fingerprint density at radius 1 is 1.29 bits per heavy atom. The van der Waals surface area contributed by atoms with Crippen molar-refractivity contribution >= 4 is 11.9 Å². The molecule has 3 nitrogen and oxygen atoms in total. The fourth-order valence-electron chi connectivity index (χ4n) is 1.50. The van der Waals surface area contributed by atoms with Gasteiger partial charge in [-0.05, 0) is 32.1 Å². The number of aldehydes is 1. The SMILES string of the molecule is CCOC=C(C=O)c1ccc(CN(C)C)cc1. The van der Waals surface area contributed by atoms with Gasteiger partial charge in [0.1, 0.15) is 0 Å². The van der Waals surface area contributed by atoms with Gasteiger partial charge in [-0.3, -0.25) is 4.79 Å². The summed E-state index contributed by atoms with van der Waals surface area (Å²) < 4.78 is 5.13. The van der Waals surface area contributed by atoms with E-state index in [9.17, 15) is 4.79 Å². The molecule has 17 heavy (non-hydrogen) atoms. The van der Waals surface area contributed by atoms with E-state index in [0.717, 1.165) is 18.4 Å². The van der Waals surface area contributed by atoms with Crippen LogP contribution in [0.5, 0.6) is 0 Å². The van der Waals surface area contributed by atoms with Gasteiger partial charge in [-0.15, -0.1) is 0 Å². The smallest absolute Gasteiger partial charge is 0.153 e. The van der Waals surface area contributed by atoms with Gasteiger partial charge in [0.15, 0.2) is 6.29 Å². The molecule has 0 heterocycles. The molecular weight excluding hydrogens is 214 g/mol. The average molecular weight is 233 g/mol. The van der Waals surface area contributed by atoms with Crippen LogP contribution in [0.2, 0.25) is 0 Å². The Hall–Kier alpha value is -1.61. The molecular formula is C14H19NO2. The largest absolute Gasteiger partial charge is 0.501 e. The van der Waals surface area contributed by atoms with Crippen LogP contribution in [0.3, 0.4) is 0 Å². The Balaban J connectivity index is 2.81. The number of nitrogens with zero attached hydrogens (tertiary/aromatic N) is 1. The molecule has 92 valence electrons. The summed E-state index contributed by atoms with van der Waals surface area (Å²) in [5.74, 6) is 0. The highest BCUT2D eigenvalue weighted by Crippen LogP contribution is 2.14.